The van der Waals surface area contributed by atoms with Crippen molar-refractivity contribution >= 4 is 17.5 Å². The van der Waals surface area contributed by atoms with E-state index in [0.717, 1.165) is 6.54 Å². The van der Waals surface area contributed by atoms with E-state index in [-0.39, 0.29) is 29.9 Å². The molecule has 0 saturated carbocycles. The first-order chi connectivity index (χ1) is 12.8. The number of benzene rings is 1. The van der Waals surface area contributed by atoms with Crippen molar-refractivity contribution in [3.05, 3.63) is 23.8 Å². The minimum Gasteiger partial charge on any atom is -0.491 e. The lowest BCUT2D eigenvalue weighted by molar-refractivity contribution is -0.115. The highest BCUT2D eigenvalue weighted by atomic mass is 16.5. The fourth-order valence-corrected chi connectivity index (χ4v) is 2.99. The van der Waals surface area contributed by atoms with Gasteiger partial charge in [-0.3, -0.25) is 9.59 Å². The number of carbonyl (C=O) groups is 2. The topological polar surface area (TPSA) is 79.9 Å². The molecule has 7 nitrogen and oxygen atoms in total. The zero-order valence-corrected chi connectivity index (χ0v) is 16.9. The lowest BCUT2D eigenvalue weighted by Gasteiger charge is -2.30. The van der Waals surface area contributed by atoms with Crippen LogP contribution in [-0.2, 0) is 9.53 Å². The third-order valence-electron chi connectivity index (χ3n) is 4.83. The Morgan fingerprint density at radius 2 is 2.15 bits per heavy atom. The minimum absolute atomic E-state index is 0.0783. The normalized spacial score (nSPS) is 24.3. The molecule has 0 unspecified atom stereocenters. The lowest BCUT2D eigenvalue weighted by atomic mass is 10.0. The van der Waals surface area contributed by atoms with Gasteiger partial charge in [0.05, 0.1) is 11.7 Å². The van der Waals surface area contributed by atoms with Crippen LogP contribution in [0.25, 0.3) is 0 Å². The Labute approximate surface area is 161 Å². The van der Waals surface area contributed by atoms with Crippen LogP contribution in [0.15, 0.2) is 18.2 Å². The van der Waals surface area contributed by atoms with E-state index < -0.39 is 0 Å². The van der Waals surface area contributed by atoms with Crippen molar-refractivity contribution in [1.82, 2.24) is 10.2 Å². The van der Waals surface area contributed by atoms with Crippen LogP contribution < -0.4 is 15.4 Å². The largest absolute Gasteiger partial charge is 0.491 e. The molecule has 2 N–H and O–H groups in total. The van der Waals surface area contributed by atoms with Crippen LogP contribution in [0.3, 0.4) is 0 Å². The summed E-state index contributed by atoms with van der Waals surface area (Å²) in [6.07, 6.45) is 0.295. The van der Waals surface area contributed by atoms with Crippen molar-refractivity contribution in [3.8, 4) is 5.75 Å². The number of nitrogens with zero attached hydrogens (tertiary/aromatic N) is 1. The van der Waals surface area contributed by atoms with Crippen LogP contribution in [0.5, 0.6) is 5.75 Å². The van der Waals surface area contributed by atoms with E-state index in [0.29, 0.717) is 36.6 Å². The molecule has 1 aromatic rings. The van der Waals surface area contributed by atoms with Gasteiger partial charge >= 0.3 is 0 Å². The van der Waals surface area contributed by atoms with Crippen molar-refractivity contribution in [2.24, 2.45) is 5.92 Å². The summed E-state index contributed by atoms with van der Waals surface area (Å²) in [4.78, 5) is 26.4. The number of amides is 2. The van der Waals surface area contributed by atoms with Gasteiger partial charge in [-0.15, -0.1) is 0 Å². The Balaban J connectivity index is 2.35. The number of rotatable bonds is 3. The van der Waals surface area contributed by atoms with Crippen LogP contribution in [0.2, 0.25) is 0 Å². The highest BCUT2D eigenvalue weighted by molar-refractivity contribution is 5.99. The van der Waals surface area contributed by atoms with E-state index in [1.165, 1.54) is 0 Å². The molecule has 0 aromatic heterocycles. The third-order valence-corrected chi connectivity index (χ3v) is 4.83. The van der Waals surface area contributed by atoms with Crippen molar-refractivity contribution in [2.75, 3.05) is 39.2 Å². The van der Waals surface area contributed by atoms with Gasteiger partial charge in [0.25, 0.3) is 5.91 Å². The molecule has 1 aromatic carbocycles. The molecule has 0 saturated heterocycles. The zero-order valence-electron chi connectivity index (χ0n) is 16.9. The molecule has 0 fully saturated rings. The molecule has 0 spiro atoms. The number of methoxy groups -OCH3 is 1. The Morgan fingerprint density at radius 3 is 2.81 bits per heavy atom. The Bertz CT molecular complexity index is 665. The first-order valence-corrected chi connectivity index (χ1v) is 9.44. The number of nitrogens with one attached hydrogen (secondary N) is 2. The molecule has 1 aliphatic rings. The number of likely N-dealkylation sites (N-methyl/N-ethyl adjacent to an activating group) is 1. The van der Waals surface area contributed by atoms with E-state index in [1.54, 1.807) is 44.2 Å². The molecular weight excluding hydrogens is 346 g/mol. The first-order valence-electron chi connectivity index (χ1n) is 9.44. The van der Waals surface area contributed by atoms with E-state index >= 15 is 0 Å². The van der Waals surface area contributed by atoms with Crippen molar-refractivity contribution in [2.45, 2.75) is 39.3 Å². The molecule has 0 aliphatic carbocycles. The highest BCUT2D eigenvalue weighted by Gasteiger charge is 2.25. The fourth-order valence-electron chi connectivity index (χ4n) is 2.99. The number of ether oxygens (including phenoxy) is 2. The van der Waals surface area contributed by atoms with Crippen molar-refractivity contribution < 1.29 is 19.1 Å². The number of anilines is 1. The molecule has 150 valence electrons. The number of hydrogen-bond acceptors (Lipinski definition) is 5. The average Bonchev–Trinajstić information content (AvgIpc) is 2.67. The smallest absolute Gasteiger partial charge is 0.257 e. The van der Waals surface area contributed by atoms with Crippen LogP contribution in [0.1, 0.15) is 37.6 Å². The zero-order chi connectivity index (χ0) is 20.0. The number of hydrogen-bond donors (Lipinski definition) is 2. The Hall–Kier alpha value is -2.12. The monoisotopic (exact) mass is 377 g/mol. The average molecular weight is 377 g/mol. The van der Waals surface area contributed by atoms with E-state index in [9.17, 15) is 9.59 Å². The molecule has 1 heterocycles. The molecule has 1 aliphatic heterocycles. The Kier molecular flexibility index (Phi) is 7.62. The molecule has 27 heavy (non-hydrogen) atoms. The lowest BCUT2D eigenvalue weighted by Crippen LogP contribution is -2.44. The van der Waals surface area contributed by atoms with Gasteiger partial charge in [-0.25, -0.2) is 0 Å². The second-order valence-corrected chi connectivity index (χ2v) is 7.17. The first kappa shape index (κ1) is 21.2. The maximum absolute atomic E-state index is 13.1. The van der Waals surface area contributed by atoms with Gasteiger partial charge in [-0.2, -0.15) is 0 Å². The van der Waals surface area contributed by atoms with Gasteiger partial charge in [-0.05, 0) is 31.0 Å². The predicted octanol–water partition coefficient (Wildman–Crippen LogP) is 2.13. The van der Waals surface area contributed by atoms with Crippen LogP contribution in [-0.4, -0.2) is 62.7 Å². The number of carbonyl (C=O) groups excluding carboxylic acids is 2. The maximum Gasteiger partial charge on any atom is 0.257 e. The van der Waals surface area contributed by atoms with Gasteiger partial charge in [0.2, 0.25) is 5.91 Å². The summed E-state index contributed by atoms with van der Waals surface area (Å²) in [6.45, 7) is 7.62. The maximum atomic E-state index is 13.1. The third kappa shape index (κ3) is 5.68. The van der Waals surface area contributed by atoms with Crippen LogP contribution >= 0.6 is 0 Å². The fraction of sp³-hybridized carbons (Fsp3) is 0.600. The standard InChI is InChI=1S/C20H31N3O4/c1-6-19(24)22-15-7-8-17-16(9-15)20(25)23(4)11-18(26-5)13(2)10-21-14(3)12-27-17/h7-9,13-14,18,21H,6,10-12H2,1-5H3,(H,22,24)/t13-,14+,18-/m0/s1. The summed E-state index contributed by atoms with van der Waals surface area (Å²) in [5.74, 6) is 0.489. The molecule has 0 bridgehead atoms. The summed E-state index contributed by atoms with van der Waals surface area (Å²) >= 11 is 0. The van der Waals surface area contributed by atoms with Gasteiger partial charge in [-0.1, -0.05) is 13.8 Å². The molecule has 3 atom stereocenters. The van der Waals surface area contributed by atoms with Gasteiger partial charge in [0.1, 0.15) is 12.4 Å². The highest BCUT2D eigenvalue weighted by Crippen LogP contribution is 2.25. The molecule has 0 radical (unpaired) electrons. The van der Waals surface area contributed by atoms with E-state index in [4.69, 9.17) is 9.47 Å². The summed E-state index contributed by atoms with van der Waals surface area (Å²) < 4.78 is 11.5. The van der Waals surface area contributed by atoms with Crippen LogP contribution in [0.4, 0.5) is 5.69 Å². The van der Waals surface area contributed by atoms with Gasteiger partial charge in [0.15, 0.2) is 0 Å². The number of fused-ring (bicyclic) bond motifs is 1. The predicted molar refractivity (Wildman–Crippen MR) is 105 cm³/mol. The van der Waals surface area contributed by atoms with Crippen molar-refractivity contribution in [1.29, 1.82) is 0 Å². The summed E-state index contributed by atoms with van der Waals surface area (Å²) in [6, 6.07) is 5.30. The summed E-state index contributed by atoms with van der Waals surface area (Å²) in [5.41, 5.74) is 1.02. The second kappa shape index (κ2) is 9.71. The van der Waals surface area contributed by atoms with E-state index in [1.807, 2.05) is 6.92 Å². The summed E-state index contributed by atoms with van der Waals surface area (Å²) in [7, 11) is 3.42. The van der Waals surface area contributed by atoms with Gasteiger partial charge in [0, 0.05) is 45.4 Å². The molecule has 2 amide bonds. The molecule has 2 rings (SSSR count). The van der Waals surface area contributed by atoms with Gasteiger partial charge < -0.3 is 25.0 Å². The van der Waals surface area contributed by atoms with Crippen LogP contribution in [0, 0.1) is 5.92 Å². The molecular formula is C20H31N3O4. The minimum atomic E-state index is -0.159. The summed E-state index contributed by atoms with van der Waals surface area (Å²) in [5, 5.41) is 6.25. The van der Waals surface area contributed by atoms with Crippen molar-refractivity contribution in [3.63, 3.8) is 0 Å². The van der Waals surface area contributed by atoms with E-state index in [2.05, 4.69) is 17.6 Å². The quantitative estimate of drug-likeness (QED) is 0.844. The Morgan fingerprint density at radius 1 is 1.41 bits per heavy atom. The molecule has 7 heteroatoms. The second-order valence-electron chi connectivity index (χ2n) is 7.17. The SMILES string of the molecule is CCC(=O)Nc1ccc2c(c1)C(=O)N(C)C[C@H](OC)[C@@H](C)CN[C@H](C)CO2.